The van der Waals surface area contributed by atoms with Gasteiger partial charge in [0.2, 0.25) is 0 Å². The van der Waals surface area contributed by atoms with Crippen molar-refractivity contribution in [3.05, 3.63) is 42.0 Å². The molecule has 1 aromatic carbocycles. The first kappa shape index (κ1) is 21.3. The zero-order chi connectivity index (χ0) is 20.8. The molecule has 2 aliphatic heterocycles. The van der Waals surface area contributed by atoms with Crippen molar-refractivity contribution in [2.24, 2.45) is 0 Å². The van der Waals surface area contributed by atoms with Crippen LogP contribution in [-0.2, 0) is 16.0 Å². The molecule has 2 amide bonds. The number of amides is 2. The molecule has 7 nitrogen and oxygen atoms in total. The molecule has 0 aromatic heterocycles. The number of likely N-dealkylation sites (N-methyl/N-ethyl adjacent to an activating group) is 1. The van der Waals surface area contributed by atoms with Gasteiger partial charge in [-0.05, 0) is 37.1 Å². The van der Waals surface area contributed by atoms with Gasteiger partial charge in [-0.3, -0.25) is 14.5 Å². The molecule has 3 rings (SSSR count). The molecule has 0 spiro atoms. The standard InChI is InChI=1S/C22H33N5O2/c1-4-9-23-21(28)22(29)24-16-20(27-13-11-25(2)12-14-27)18-7-8-19-17(15-18)6-5-10-26(19)3/h4,7-8,15,20H,1,5-6,9-14,16H2,2-3H3,(H,23,28)(H,24,29)/t20-/m1/s1. The van der Waals surface area contributed by atoms with E-state index in [1.807, 2.05) is 0 Å². The molecule has 0 saturated carbocycles. The number of benzene rings is 1. The molecule has 1 atom stereocenters. The number of fused-ring (bicyclic) bond motifs is 1. The summed E-state index contributed by atoms with van der Waals surface area (Å²) in [5, 5.41) is 5.37. The molecule has 2 aliphatic rings. The maximum absolute atomic E-state index is 12.2. The summed E-state index contributed by atoms with van der Waals surface area (Å²) < 4.78 is 0. The lowest BCUT2D eigenvalue weighted by Crippen LogP contribution is -2.49. The number of nitrogens with zero attached hydrogens (tertiary/aromatic N) is 3. The second-order valence-corrected chi connectivity index (χ2v) is 7.98. The fourth-order valence-corrected chi connectivity index (χ4v) is 4.12. The minimum Gasteiger partial charge on any atom is -0.374 e. The Morgan fingerprint density at radius 3 is 2.55 bits per heavy atom. The maximum atomic E-state index is 12.2. The van der Waals surface area contributed by atoms with Crippen LogP contribution in [0.1, 0.15) is 23.6 Å². The Hall–Kier alpha value is -2.38. The predicted molar refractivity (Wildman–Crippen MR) is 116 cm³/mol. The SMILES string of the molecule is C=CCNC(=O)C(=O)NC[C@H](c1ccc2c(c1)CCCN2C)N1CCN(C)CC1. The van der Waals surface area contributed by atoms with Gasteiger partial charge in [0.1, 0.15) is 0 Å². The van der Waals surface area contributed by atoms with Crippen LogP contribution in [0.3, 0.4) is 0 Å². The van der Waals surface area contributed by atoms with Gasteiger partial charge in [-0.2, -0.15) is 0 Å². The van der Waals surface area contributed by atoms with Crippen molar-refractivity contribution in [3.63, 3.8) is 0 Å². The summed E-state index contributed by atoms with van der Waals surface area (Å²) in [5.41, 5.74) is 3.87. The first-order valence-corrected chi connectivity index (χ1v) is 10.4. The van der Waals surface area contributed by atoms with Crippen LogP contribution in [-0.4, -0.2) is 81.5 Å². The average Bonchev–Trinajstić information content (AvgIpc) is 2.73. The van der Waals surface area contributed by atoms with E-state index < -0.39 is 11.8 Å². The van der Waals surface area contributed by atoms with Crippen molar-refractivity contribution in [1.82, 2.24) is 20.4 Å². The molecule has 1 saturated heterocycles. The Balaban J connectivity index is 1.75. The third-order valence-electron chi connectivity index (χ3n) is 5.89. The summed E-state index contributed by atoms with van der Waals surface area (Å²) in [5.74, 6) is -1.21. The van der Waals surface area contributed by atoms with Gasteiger partial charge in [-0.15, -0.1) is 6.58 Å². The van der Waals surface area contributed by atoms with Gasteiger partial charge in [0.25, 0.3) is 0 Å². The van der Waals surface area contributed by atoms with E-state index in [1.54, 1.807) is 6.08 Å². The lowest BCUT2D eigenvalue weighted by molar-refractivity contribution is -0.139. The highest BCUT2D eigenvalue weighted by atomic mass is 16.2. The largest absolute Gasteiger partial charge is 0.374 e. The Morgan fingerprint density at radius 1 is 1.10 bits per heavy atom. The highest BCUT2D eigenvalue weighted by molar-refractivity contribution is 6.35. The number of carbonyl (C=O) groups is 2. The summed E-state index contributed by atoms with van der Waals surface area (Å²) in [6.07, 6.45) is 3.80. The number of piperazine rings is 1. The molecule has 0 aliphatic carbocycles. The normalized spacial score (nSPS) is 18.6. The summed E-state index contributed by atoms with van der Waals surface area (Å²) >= 11 is 0. The van der Waals surface area contributed by atoms with Crippen LogP contribution in [0, 0.1) is 0 Å². The molecule has 158 valence electrons. The molecule has 2 N–H and O–H groups in total. The summed E-state index contributed by atoms with van der Waals surface area (Å²) in [6, 6.07) is 6.72. The van der Waals surface area contributed by atoms with Crippen molar-refractivity contribution in [3.8, 4) is 0 Å². The van der Waals surface area contributed by atoms with Crippen molar-refractivity contribution < 1.29 is 9.59 Å². The van der Waals surface area contributed by atoms with Gasteiger partial charge in [0.15, 0.2) is 0 Å². The van der Waals surface area contributed by atoms with Crippen LogP contribution in [0.25, 0.3) is 0 Å². The van der Waals surface area contributed by atoms with Crippen LogP contribution < -0.4 is 15.5 Å². The molecule has 0 bridgehead atoms. The predicted octanol–water partition coefficient (Wildman–Crippen LogP) is 0.776. The third-order valence-corrected chi connectivity index (χ3v) is 5.89. The quantitative estimate of drug-likeness (QED) is 0.547. The number of carbonyl (C=O) groups excluding carboxylic acids is 2. The van der Waals surface area contributed by atoms with Gasteiger partial charge in [-0.25, -0.2) is 0 Å². The molecular formula is C22H33N5O2. The molecule has 0 radical (unpaired) electrons. The minimum atomic E-state index is -0.617. The highest BCUT2D eigenvalue weighted by Gasteiger charge is 2.26. The third kappa shape index (κ3) is 5.36. The summed E-state index contributed by atoms with van der Waals surface area (Å²) in [6.45, 7) is 9.22. The summed E-state index contributed by atoms with van der Waals surface area (Å²) in [4.78, 5) is 31.1. The smallest absolute Gasteiger partial charge is 0.309 e. The number of nitrogens with one attached hydrogen (secondary N) is 2. The first-order valence-electron chi connectivity index (χ1n) is 10.4. The molecule has 1 aromatic rings. The molecule has 1 fully saturated rings. The van der Waals surface area contributed by atoms with Crippen LogP contribution in [0.15, 0.2) is 30.9 Å². The van der Waals surface area contributed by atoms with Gasteiger partial charge < -0.3 is 20.4 Å². The number of aryl methyl sites for hydroxylation is 1. The van der Waals surface area contributed by atoms with E-state index in [0.717, 1.165) is 45.6 Å². The van der Waals surface area contributed by atoms with Crippen LogP contribution in [0.2, 0.25) is 0 Å². The van der Waals surface area contributed by atoms with Crippen LogP contribution >= 0.6 is 0 Å². The molecule has 0 unspecified atom stereocenters. The lowest BCUT2D eigenvalue weighted by atomic mass is 9.95. The topological polar surface area (TPSA) is 67.9 Å². The molecule has 2 heterocycles. The fourth-order valence-electron chi connectivity index (χ4n) is 4.12. The minimum absolute atomic E-state index is 0.0531. The first-order chi connectivity index (χ1) is 14.0. The number of hydrogen-bond donors (Lipinski definition) is 2. The Kier molecular flexibility index (Phi) is 7.28. The summed E-state index contributed by atoms with van der Waals surface area (Å²) in [7, 11) is 4.27. The highest BCUT2D eigenvalue weighted by Crippen LogP contribution is 2.31. The average molecular weight is 400 g/mol. The molecule has 7 heteroatoms. The zero-order valence-corrected chi connectivity index (χ0v) is 17.6. The Morgan fingerprint density at radius 2 is 1.83 bits per heavy atom. The second kappa shape index (κ2) is 9.89. The van der Waals surface area contributed by atoms with E-state index in [4.69, 9.17) is 0 Å². The van der Waals surface area contributed by atoms with E-state index in [9.17, 15) is 9.59 Å². The van der Waals surface area contributed by atoms with Crippen molar-refractivity contribution in [1.29, 1.82) is 0 Å². The Bertz CT molecular complexity index is 743. The maximum Gasteiger partial charge on any atom is 0.309 e. The van der Waals surface area contributed by atoms with Crippen molar-refractivity contribution in [2.75, 3.05) is 64.8 Å². The monoisotopic (exact) mass is 399 g/mol. The number of hydrogen-bond acceptors (Lipinski definition) is 5. The molecular weight excluding hydrogens is 366 g/mol. The van der Waals surface area contributed by atoms with Crippen molar-refractivity contribution in [2.45, 2.75) is 18.9 Å². The van der Waals surface area contributed by atoms with Crippen LogP contribution in [0.5, 0.6) is 0 Å². The number of anilines is 1. The van der Waals surface area contributed by atoms with Crippen LogP contribution in [0.4, 0.5) is 5.69 Å². The van der Waals surface area contributed by atoms with E-state index in [-0.39, 0.29) is 12.6 Å². The molecule has 29 heavy (non-hydrogen) atoms. The van der Waals surface area contributed by atoms with Gasteiger partial charge in [0.05, 0.1) is 6.04 Å². The van der Waals surface area contributed by atoms with Gasteiger partial charge in [0, 0.05) is 58.5 Å². The Labute approximate surface area is 173 Å². The van der Waals surface area contributed by atoms with Gasteiger partial charge >= 0.3 is 11.8 Å². The zero-order valence-electron chi connectivity index (χ0n) is 17.6. The fraction of sp³-hybridized carbons (Fsp3) is 0.545. The second-order valence-electron chi connectivity index (χ2n) is 7.98. The van der Waals surface area contributed by atoms with Gasteiger partial charge in [-0.1, -0.05) is 18.2 Å². The van der Waals surface area contributed by atoms with Crippen molar-refractivity contribution >= 4 is 17.5 Å². The van der Waals surface area contributed by atoms with E-state index >= 15 is 0 Å². The van der Waals surface area contributed by atoms with E-state index in [0.29, 0.717) is 6.54 Å². The number of rotatable bonds is 6. The van der Waals surface area contributed by atoms with E-state index in [1.165, 1.54) is 16.8 Å². The lowest BCUT2D eigenvalue weighted by Gasteiger charge is -2.39. The van der Waals surface area contributed by atoms with E-state index in [2.05, 4.69) is 64.2 Å².